The largest absolute Gasteiger partial charge is 0.416 e. The highest BCUT2D eigenvalue weighted by Gasteiger charge is 2.37. The van der Waals surface area contributed by atoms with Crippen molar-refractivity contribution in [3.8, 4) is 0 Å². The van der Waals surface area contributed by atoms with Crippen molar-refractivity contribution in [1.29, 1.82) is 0 Å². The Kier molecular flexibility index (Phi) is 8.21. The SMILES string of the molecule is CN(Cc1ccccc1Cl)C(O)c1nnn(Cc2cc(C(F)(F)F)cc(C(F)(F)F)c2)c1N1CCOCC1. The smallest absolute Gasteiger partial charge is 0.378 e. The number of aromatic nitrogens is 3. The molecule has 1 unspecified atom stereocenters. The predicted octanol–water partition coefficient (Wildman–Crippen LogP) is 4.98. The van der Waals surface area contributed by atoms with Crippen molar-refractivity contribution in [2.24, 2.45) is 0 Å². The second kappa shape index (κ2) is 11.1. The quantitative estimate of drug-likeness (QED) is 0.323. The highest BCUT2D eigenvalue weighted by molar-refractivity contribution is 6.31. The molecule has 1 N–H and O–H groups in total. The van der Waals surface area contributed by atoms with Gasteiger partial charge in [0.25, 0.3) is 0 Å². The molecule has 0 saturated carbocycles. The van der Waals surface area contributed by atoms with Gasteiger partial charge in [-0.05, 0) is 42.4 Å². The fourth-order valence-corrected chi connectivity index (χ4v) is 4.37. The summed E-state index contributed by atoms with van der Waals surface area (Å²) in [4.78, 5) is 3.33. The monoisotopic (exact) mass is 563 g/mol. The average Bonchev–Trinajstić information content (AvgIpc) is 3.27. The molecule has 38 heavy (non-hydrogen) atoms. The lowest BCUT2D eigenvalue weighted by Gasteiger charge is -2.31. The maximum Gasteiger partial charge on any atom is 0.416 e. The van der Waals surface area contributed by atoms with Gasteiger partial charge in [-0.3, -0.25) is 4.90 Å². The van der Waals surface area contributed by atoms with Gasteiger partial charge in [-0.1, -0.05) is 35.0 Å². The van der Waals surface area contributed by atoms with Crippen molar-refractivity contribution < 1.29 is 36.2 Å². The maximum absolute atomic E-state index is 13.4. The Hall–Kier alpha value is -2.87. The molecule has 1 fully saturated rings. The molecule has 2 aromatic carbocycles. The van der Waals surface area contributed by atoms with E-state index in [2.05, 4.69) is 10.3 Å². The number of nitrogens with zero attached hydrogens (tertiary/aromatic N) is 5. The molecular formula is C24H24ClF6N5O2. The first kappa shape index (κ1) is 28.1. The molecule has 1 aliphatic heterocycles. The van der Waals surface area contributed by atoms with Gasteiger partial charge in [0.05, 0.1) is 30.9 Å². The molecular weight excluding hydrogens is 540 g/mol. The van der Waals surface area contributed by atoms with E-state index < -0.39 is 36.3 Å². The zero-order chi connectivity index (χ0) is 27.7. The Bertz CT molecular complexity index is 1230. The lowest BCUT2D eigenvalue weighted by atomic mass is 10.0. The molecule has 0 amide bonds. The molecule has 2 heterocycles. The highest BCUT2D eigenvalue weighted by atomic mass is 35.5. The number of aliphatic hydroxyl groups excluding tert-OH is 1. The number of ether oxygens (including phenoxy) is 1. The number of benzene rings is 2. The summed E-state index contributed by atoms with van der Waals surface area (Å²) in [6.07, 6.45) is -11.3. The van der Waals surface area contributed by atoms with E-state index in [0.717, 1.165) is 5.56 Å². The lowest BCUT2D eigenvalue weighted by molar-refractivity contribution is -0.143. The van der Waals surface area contributed by atoms with Crippen molar-refractivity contribution in [3.05, 3.63) is 75.4 Å². The number of anilines is 1. The molecule has 14 heteroatoms. The van der Waals surface area contributed by atoms with Gasteiger partial charge >= 0.3 is 12.4 Å². The fraction of sp³-hybridized carbons (Fsp3) is 0.417. The van der Waals surface area contributed by atoms with Crippen LogP contribution in [0.1, 0.15) is 34.2 Å². The summed E-state index contributed by atoms with van der Waals surface area (Å²) >= 11 is 6.23. The molecule has 1 aromatic heterocycles. The number of hydrogen-bond donors (Lipinski definition) is 1. The van der Waals surface area contributed by atoms with Crippen molar-refractivity contribution in [3.63, 3.8) is 0 Å². The summed E-state index contributed by atoms with van der Waals surface area (Å²) in [5.74, 6) is 0.276. The number of rotatable bonds is 7. The first-order chi connectivity index (χ1) is 17.8. The summed E-state index contributed by atoms with van der Waals surface area (Å²) in [5, 5.41) is 19.7. The van der Waals surface area contributed by atoms with Crippen molar-refractivity contribution in [1.82, 2.24) is 19.9 Å². The summed E-state index contributed by atoms with van der Waals surface area (Å²) in [6.45, 7) is 1.18. The van der Waals surface area contributed by atoms with E-state index in [9.17, 15) is 31.4 Å². The number of aliphatic hydroxyl groups is 1. The zero-order valence-electron chi connectivity index (χ0n) is 20.1. The van der Waals surface area contributed by atoms with E-state index >= 15 is 0 Å². The number of alkyl halides is 6. The van der Waals surface area contributed by atoms with Gasteiger partial charge < -0.3 is 14.7 Å². The maximum atomic E-state index is 13.4. The van der Waals surface area contributed by atoms with E-state index in [1.807, 2.05) is 0 Å². The van der Waals surface area contributed by atoms with Crippen molar-refractivity contribution >= 4 is 17.4 Å². The van der Waals surface area contributed by atoms with Crippen LogP contribution in [0.25, 0.3) is 0 Å². The third kappa shape index (κ3) is 6.40. The summed E-state index contributed by atoms with van der Waals surface area (Å²) in [7, 11) is 1.62. The van der Waals surface area contributed by atoms with E-state index in [-0.39, 0.29) is 29.7 Å². The van der Waals surface area contributed by atoms with Crippen LogP contribution in [-0.2, 0) is 30.2 Å². The number of morpholine rings is 1. The summed E-state index contributed by atoms with van der Waals surface area (Å²) in [5.41, 5.74) is -2.27. The molecule has 206 valence electrons. The standard InChI is InChI=1S/C24H24ClF6N5O2/c1-34(14-16-4-2-3-5-19(16)25)22(37)20-21(35-6-8-38-9-7-35)36(33-32-20)13-15-10-17(23(26,27)28)12-18(11-15)24(29,30)31/h2-5,10-12,22,37H,6-9,13-14H2,1H3. The molecule has 1 atom stereocenters. The predicted molar refractivity (Wildman–Crippen MR) is 126 cm³/mol. The Morgan fingerprint density at radius 3 is 2.21 bits per heavy atom. The molecule has 7 nitrogen and oxygen atoms in total. The second-order valence-electron chi connectivity index (χ2n) is 8.85. The van der Waals surface area contributed by atoms with E-state index in [1.54, 1.807) is 41.1 Å². The van der Waals surface area contributed by atoms with Crippen molar-refractivity contribution in [2.45, 2.75) is 31.7 Å². The van der Waals surface area contributed by atoms with Crippen LogP contribution in [0.15, 0.2) is 42.5 Å². The van der Waals surface area contributed by atoms with Gasteiger partial charge in [-0.2, -0.15) is 26.3 Å². The van der Waals surface area contributed by atoms with Gasteiger partial charge in [0, 0.05) is 24.7 Å². The van der Waals surface area contributed by atoms with Crippen LogP contribution in [0.3, 0.4) is 0 Å². The molecule has 3 aromatic rings. The highest BCUT2D eigenvalue weighted by Crippen LogP contribution is 2.37. The Morgan fingerprint density at radius 1 is 1.03 bits per heavy atom. The van der Waals surface area contributed by atoms with Gasteiger partial charge in [0.2, 0.25) is 0 Å². The Labute approximate surface area is 219 Å². The molecule has 1 aliphatic rings. The number of halogens is 7. The van der Waals surface area contributed by atoms with Gasteiger partial charge in [-0.25, -0.2) is 4.68 Å². The second-order valence-corrected chi connectivity index (χ2v) is 9.26. The van der Waals surface area contributed by atoms with Gasteiger partial charge in [-0.15, -0.1) is 5.10 Å². The van der Waals surface area contributed by atoms with Crippen LogP contribution in [0.5, 0.6) is 0 Å². The van der Waals surface area contributed by atoms with E-state index in [4.69, 9.17) is 16.3 Å². The van der Waals surface area contributed by atoms with Crippen molar-refractivity contribution in [2.75, 3.05) is 38.3 Å². The van der Waals surface area contributed by atoms with Crippen LogP contribution >= 0.6 is 11.6 Å². The Morgan fingerprint density at radius 2 is 1.63 bits per heavy atom. The molecule has 0 spiro atoms. The molecule has 0 radical (unpaired) electrons. The van der Waals surface area contributed by atoms with Gasteiger partial charge in [0.1, 0.15) is 0 Å². The first-order valence-corrected chi connectivity index (χ1v) is 11.9. The molecule has 1 saturated heterocycles. The minimum absolute atomic E-state index is 0.0760. The molecule has 0 aliphatic carbocycles. The van der Waals surface area contributed by atoms with Crippen LogP contribution in [-0.4, -0.2) is 58.4 Å². The van der Waals surface area contributed by atoms with E-state index in [1.165, 1.54) is 4.68 Å². The summed E-state index contributed by atoms with van der Waals surface area (Å²) in [6, 6.07) is 8.43. The van der Waals surface area contributed by atoms with Crippen LogP contribution in [0.2, 0.25) is 5.02 Å². The summed E-state index contributed by atoms with van der Waals surface area (Å²) < 4.78 is 86.8. The van der Waals surface area contributed by atoms with Crippen LogP contribution in [0, 0.1) is 0 Å². The third-order valence-corrected chi connectivity index (χ3v) is 6.43. The molecule has 4 rings (SSSR count). The topological polar surface area (TPSA) is 66.7 Å². The number of hydrogen-bond acceptors (Lipinski definition) is 6. The minimum Gasteiger partial charge on any atom is -0.378 e. The van der Waals surface area contributed by atoms with E-state index in [0.29, 0.717) is 43.5 Å². The normalized spacial score (nSPS) is 15.8. The van der Waals surface area contributed by atoms with Crippen LogP contribution < -0.4 is 4.90 Å². The van der Waals surface area contributed by atoms with Gasteiger partial charge in [0.15, 0.2) is 17.7 Å². The fourth-order valence-electron chi connectivity index (χ4n) is 4.17. The molecule has 0 bridgehead atoms. The Balaban J connectivity index is 1.71. The minimum atomic E-state index is -4.98. The third-order valence-electron chi connectivity index (χ3n) is 6.06. The lowest BCUT2D eigenvalue weighted by Crippen LogP contribution is -2.39. The first-order valence-electron chi connectivity index (χ1n) is 11.5. The zero-order valence-corrected chi connectivity index (χ0v) is 20.9. The average molecular weight is 564 g/mol. The van der Waals surface area contributed by atoms with Crippen LogP contribution in [0.4, 0.5) is 32.2 Å².